The van der Waals surface area contributed by atoms with E-state index in [2.05, 4.69) is 47.1 Å². The average molecular weight is 433 g/mol. The smallest absolute Gasteiger partial charge is 0.138 e. The predicted molar refractivity (Wildman–Crippen MR) is 127 cm³/mol. The lowest BCUT2D eigenvalue weighted by Gasteiger charge is -2.32. The number of piperidine rings is 1. The zero-order valence-corrected chi connectivity index (χ0v) is 19.3. The Hall–Kier alpha value is -3.11. The molecule has 4 heterocycles. The number of hydrogen-bond acceptors (Lipinski definition) is 6. The number of aromatic nitrogens is 3. The fourth-order valence-corrected chi connectivity index (χ4v) is 4.58. The molecule has 1 aliphatic heterocycles. The van der Waals surface area contributed by atoms with Crippen LogP contribution in [-0.2, 0) is 0 Å². The average Bonchev–Trinajstić information content (AvgIpc) is 3.25. The Bertz CT molecular complexity index is 1080. The normalized spacial score (nSPS) is 16.8. The number of pyridine rings is 2. The summed E-state index contributed by atoms with van der Waals surface area (Å²) in [5, 5.41) is 13.9. The van der Waals surface area contributed by atoms with Crippen LogP contribution in [0.25, 0.3) is 16.6 Å². The van der Waals surface area contributed by atoms with Crippen LogP contribution < -0.4 is 9.64 Å². The van der Waals surface area contributed by atoms with E-state index < -0.39 is 0 Å². The maximum absolute atomic E-state index is 9.52. The predicted octanol–water partition coefficient (Wildman–Crippen LogP) is 4.22. The highest BCUT2D eigenvalue weighted by molar-refractivity contribution is 5.85. The monoisotopic (exact) mass is 432 g/mol. The molecule has 1 aliphatic rings. The zero-order chi connectivity index (χ0) is 22.5. The molecule has 7 nitrogen and oxygen atoms in total. The molecule has 0 saturated carbocycles. The lowest BCUT2D eigenvalue weighted by atomic mass is 9.94. The zero-order valence-electron chi connectivity index (χ0n) is 19.3. The fraction of sp³-hybridized carbons (Fsp3) is 0.480. The summed E-state index contributed by atoms with van der Waals surface area (Å²) in [6.45, 7) is 9.38. The summed E-state index contributed by atoms with van der Waals surface area (Å²) < 4.78 is 7.42. The van der Waals surface area contributed by atoms with Gasteiger partial charge in [0, 0.05) is 37.5 Å². The van der Waals surface area contributed by atoms with E-state index in [4.69, 9.17) is 9.72 Å². The molecule has 32 heavy (non-hydrogen) atoms. The topological polar surface area (TPSA) is 69.7 Å². The number of fused-ring (bicyclic) bond motifs is 1. The van der Waals surface area contributed by atoms with Gasteiger partial charge in [0.1, 0.15) is 17.6 Å². The molecule has 0 aliphatic carbocycles. The van der Waals surface area contributed by atoms with Crippen molar-refractivity contribution in [2.45, 2.75) is 33.1 Å². The standard InChI is InChI=1S/C25H32N6O/c1-4-30-11-6-7-19(17-30)10-12-29(3)24-9-8-20(15-27-24)23-13-22(32-5-2)18-31-25(23)21(14-26)16-28-31/h8-9,13,15-16,18-19H,4-7,10-12,17H2,1-3H3/t19-/m1/s1. The van der Waals surface area contributed by atoms with E-state index in [1.165, 1.54) is 32.4 Å². The number of rotatable bonds is 8. The maximum atomic E-state index is 9.52. The number of nitriles is 1. The van der Waals surface area contributed by atoms with Gasteiger partial charge >= 0.3 is 0 Å². The summed E-state index contributed by atoms with van der Waals surface area (Å²) in [6, 6.07) is 8.33. The maximum Gasteiger partial charge on any atom is 0.138 e. The van der Waals surface area contributed by atoms with Crippen LogP contribution in [0.15, 0.2) is 36.8 Å². The summed E-state index contributed by atoms with van der Waals surface area (Å²) in [6.07, 6.45) is 9.11. The van der Waals surface area contributed by atoms with Crippen molar-refractivity contribution in [3.05, 3.63) is 42.4 Å². The number of hydrogen-bond donors (Lipinski definition) is 0. The molecule has 0 N–H and O–H groups in total. The molecule has 0 bridgehead atoms. The molecular weight excluding hydrogens is 400 g/mol. The lowest BCUT2D eigenvalue weighted by molar-refractivity contribution is 0.177. The molecule has 0 radical (unpaired) electrons. The SMILES string of the molecule is CCOc1cc(-c2ccc(N(C)CC[C@H]3CCCN(CC)C3)nc2)c2c(C#N)cnn2c1. The van der Waals surface area contributed by atoms with E-state index in [-0.39, 0.29) is 0 Å². The van der Waals surface area contributed by atoms with Crippen molar-refractivity contribution in [2.24, 2.45) is 5.92 Å². The lowest BCUT2D eigenvalue weighted by Crippen LogP contribution is -2.36. The van der Waals surface area contributed by atoms with E-state index in [9.17, 15) is 5.26 Å². The van der Waals surface area contributed by atoms with Gasteiger partial charge in [-0.1, -0.05) is 6.92 Å². The third-order valence-electron chi connectivity index (χ3n) is 6.39. The fourth-order valence-electron chi connectivity index (χ4n) is 4.58. The van der Waals surface area contributed by atoms with E-state index in [1.54, 1.807) is 10.7 Å². The van der Waals surface area contributed by atoms with E-state index in [0.717, 1.165) is 47.2 Å². The Kier molecular flexibility index (Phi) is 6.91. The highest BCUT2D eigenvalue weighted by Gasteiger charge is 2.19. The number of anilines is 1. The first-order chi connectivity index (χ1) is 15.6. The van der Waals surface area contributed by atoms with Crippen molar-refractivity contribution < 1.29 is 4.74 Å². The summed E-state index contributed by atoms with van der Waals surface area (Å²) in [7, 11) is 2.11. The third kappa shape index (κ3) is 4.71. The highest BCUT2D eigenvalue weighted by Crippen LogP contribution is 2.31. The number of nitrogens with zero attached hydrogens (tertiary/aromatic N) is 6. The summed E-state index contributed by atoms with van der Waals surface area (Å²) in [4.78, 5) is 9.53. The second-order valence-corrected chi connectivity index (χ2v) is 8.50. The Morgan fingerprint density at radius 1 is 1.28 bits per heavy atom. The van der Waals surface area contributed by atoms with Gasteiger partial charge in [-0.25, -0.2) is 9.50 Å². The Morgan fingerprint density at radius 3 is 2.88 bits per heavy atom. The molecule has 0 spiro atoms. The minimum Gasteiger partial charge on any atom is -0.492 e. The van der Waals surface area contributed by atoms with Crippen LogP contribution >= 0.6 is 0 Å². The van der Waals surface area contributed by atoms with Crippen LogP contribution in [-0.4, -0.2) is 59.3 Å². The first kappa shape index (κ1) is 22.1. The Balaban J connectivity index is 1.51. The molecule has 1 saturated heterocycles. The second-order valence-electron chi connectivity index (χ2n) is 8.50. The van der Waals surface area contributed by atoms with Crippen LogP contribution in [0.5, 0.6) is 5.75 Å². The Morgan fingerprint density at radius 2 is 2.16 bits per heavy atom. The molecule has 168 valence electrons. The van der Waals surface area contributed by atoms with Crippen LogP contribution in [0.1, 0.15) is 38.7 Å². The summed E-state index contributed by atoms with van der Waals surface area (Å²) in [5.41, 5.74) is 3.15. The third-order valence-corrected chi connectivity index (χ3v) is 6.39. The van der Waals surface area contributed by atoms with Gasteiger partial charge in [0.05, 0.1) is 30.1 Å². The molecule has 3 aromatic rings. The van der Waals surface area contributed by atoms with Gasteiger partial charge in [-0.15, -0.1) is 0 Å². The van der Waals surface area contributed by atoms with Crippen LogP contribution in [0, 0.1) is 17.2 Å². The van der Waals surface area contributed by atoms with Crippen molar-refractivity contribution in [1.29, 1.82) is 5.26 Å². The van der Waals surface area contributed by atoms with Gasteiger partial charge in [0.2, 0.25) is 0 Å². The van der Waals surface area contributed by atoms with Crippen molar-refractivity contribution >= 4 is 11.3 Å². The molecular formula is C25H32N6O. The minimum absolute atomic E-state index is 0.540. The van der Waals surface area contributed by atoms with Crippen molar-refractivity contribution in [3.8, 4) is 22.9 Å². The van der Waals surface area contributed by atoms with Crippen molar-refractivity contribution in [3.63, 3.8) is 0 Å². The summed E-state index contributed by atoms with van der Waals surface area (Å²) >= 11 is 0. The van der Waals surface area contributed by atoms with Gasteiger partial charge in [0.15, 0.2) is 0 Å². The molecule has 7 heteroatoms. The van der Waals surface area contributed by atoms with Gasteiger partial charge in [-0.05, 0) is 63.4 Å². The minimum atomic E-state index is 0.540. The molecule has 4 rings (SSSR count). The van der Waals surface area contributed by atoms with Crippen molar-refractivity contribution in [2.75, 3.05) is 44.7 Å². The number of likely N-dealkylation sites (tertiary alicyclic amines) is 1. The van der Waals surface area contributed by atoms with Crippen LogP contribution in [0.2, 0.25) is 0 Å². The number of ether oxygens (including phenoxy) is 1. The van der Waals surface area contributed by atoms with Crippen LogP contribution in [0.4, 0.5) is 5.82 Å². The quantitative estimate of drug-likeness (QED) is 0.531. The van der Waals surface area contributed by atoms with E-state index >= 15 is 0 Å². The van der Waals surface area contributed by atoms with Gasteiger partial charge < -0.3 is 14.5 Å². The first-order valence-corrected chi connectivity index (χ1v) is 11.6. The van der Waals surface area contributed by atoms with Gasteiger partial charge in [-0.3, -0.25) is 0 Å². The Labute approximate surface area is 190 Å². The first-order valence-electron chi connectivity index (χ1n) is 11.6. The molecule has 0 unspecified atom stereocenters. The molecule has 3 aromatic heterocycles. The van der Waals surface area contributed by atoms with Gasteiger partial charge in [0.25, 0.3) is 0 Å². The second kappa shape index (κ2) is 10.0. The molecule has 0 amide bonds. The molecule has 0 aromatic carbocycles. The highest BCUT2D eigenvalue weighted by atomic mass is 16.5. The van der Waals surface area contributed by atoms with E-state index in [0.29, 0.717) is 12.2 Å². The van der Waals surface area contributed by atoms with Crippen LogP contribution in [0.3, 0.4) is 0 Å². The summed E-state index contributed by atoms with van der Waals surface area (Å²) in [5.74, 6) is 2.45. The van der Waals surface area contributed by atoms with Gasteiger partial charge in [-0.2, -0.15) is 10.4 Å². The molecule has 1 atom stereocenters. The largest absolute Gasteiger partial charge is 0.492 e. The molecule has 1 fully saturated rings. The van der Waals surface area contributed by atoms with E-state index in [1.807, 2.05) is 25.4 Å². The van der Waals surface area contributed by atoms with Crippen molar-refractivity contribution in [1.82, 2.24) is 19.5 Å².